The first-order chi connectivity index (χ1) is 5.13. The molecule has 0 aromatic rings. The molecule has 11 heavy (non-hydrogen) atoms. The Morgan fingerprint density at radius 3 is 2.18 bits per heavy atom. The van der Waals surface area contributed by atoms with Gasteiger partial charge < -0.3 is 11.5 Å². The molecule has 0 unspecified atom stereocenters. The zero-order valence-corrected chi connectivity index (χ0v) is 7.13. The molecule has 0 spiro atoms. The van der Waals surface area contributed by atoms with E-state index in [-0.39, 0.29) is 0 Å². The lowest BCUT2D eigenvalue weighted by Crippen LogP contribution is -2.15. The van der Waals surface area contributed by atoms with Crippen LogP contribution in [0.4, 0.5) is 0 Å². The Morgan fingerprint density at radius 1 is 1.36 bits per heavy atom. The molecule has 0 atom stereocenters. The quantitative estimate of drug-likeness (QED) is 0.419. The summed E-state index contributed by atoms with van der Waals surface area (Å²) in [5.74, 6) is 0.479. The van der Waals surface area contributed by atoms with Crippen molar-refractivity contribution in [3.8, 4) is 0 Å². The first-order valence-electron chi connectivity index (χ1n) is 3.31. The molecular formula is C7H14N4. The second kappa shape index (κ2) is 4.49. The maximum absolute atomic E-state index is 5.57. The standard InChI is InChI=1S/C7H14N4/c1-4-11-7(10-3)6(9)5(2)8/h4H,8-9H2,1-3H3. The van der Waals surface area contributed by atoms with Gasteiger partial charge in [0.15, 0.2) is 5.84 Å². The molecule has 0 bridgehead atoms. The Labute approximate surface area is 66.7 Å². The van der Waals surface area contributed by atoms with Crippen molar-refractivity contribution in [1.82, 2.24) is 0 Å². The van der Waals surface area contributed by atoms with Gasteiger partial charge in [-0.2, -0.15) is 0 Å². The minimum atomic E-state index is 0.436. The molecule has 4 nitrogen and oxygen atoms in total. The number of hydrogen-bond acceptors (Lipinski definition) is 3. The van der Waals surface area contributed by atoms with E-state index in [9.17, 15) is 0 Å². The molecule has 62 valence electrons. The average Bonchev–Trinajstić information content (AvgIpc) is 1.98. The van der Waals surface area contributed by atoms with Crippen LogP contribution in [0.5, 0.6) is 0 Å². The van der Waals surface area contributed by atoms with E-state index in [4.69, 9.17) is 11.5 Å². The average molecular weight is 154 g/mol. The van der Waals surface area contributed by atoms with Crippen LogP contribution in [-0.2, 0) is 0 Å². The number of nitrogens with two attached hydrogens (primary N) is 2. The van der Waals surface area contributed by atoms with E-state index in [1.54, 1.807) is 27.1 Å². The van der Waals surface area contributed by atoms with Crippen LogP contribution in [-0.4, -0.2) is 19.1 Å². The highest BCUT2D eigenvalue weighted by molar-refractivity contribution is 6.01. The maximum Gasteiger partial charge on any atom is 0.171 e. The molecule has 0 heterocycles. The predicted octanol–water partition coefficient (Wildman–Crippen LogP) is 0.254. The van der Waals surface area contributed by atoms with Gasteiger partial charge in [-0.15, -0.1) is 0 Å². The third-order valence-corrected chi connectivity index (χ3v) is 1.13. The van der Waals surface area contributed by atoms with Crippen molar-refractivity contribution >= 4 is 12.1 Å². The zero-order chi connectivity index (χ0) is 8.85. The van der Waals surface area contributed by atoms with E-state index in [2.05, 4.69) is 9.98 Å². The van der Waals surface area contributed by atoms with Gasteiger partial charge in [0.2, 0.25) is 0 Å². The normalized spacial score (nSPS) is 15.4. The highest BCUT2D eigenvalue weighted by atomic mass is 14.9. The van der Waals surface area contributed by atoms with Crippen molar-refractivity contribution in [2.45, 2.75) is 13.8 Å². The van der Waals surface area contributed by atoms with Crippen molar-refractivity contribution < 1.29 is 0 Å². The Bertz CT molecular complexity index is 208. The minimum Gasteiger partial charge on any atom is -0.400 e. The Kier molecular flexibility index (Phi) is 3.95. The summed E-state index contributed by atoms with van der Waals surface area (Å²) in [6.07, 6.45) is 1.62. The summed E-state index contributed by atoms with van der Waals surface area (Å²) in [4.78, 5) is 7.78. The highest BCUT2D eigenvalue weighted by Crippen LogP contribution is 1.94. The van der Waals surface area contributed by atoms with Crippen LogP contribution in [0.15, 0.2) is 21.4 Å². The number of allylic oxidation sites excluding steroid dienone is 1. The fraction of sp³-hybridized carbons (Fsp3) is 0.429. The van der Waals surface area contributed by atoms with Crippen LogP contribution in [0.1, 0.15) is 13.8 Å². The van der Waals surface area contributed by atoms with Crippen LogP contribution in [0.2, 0.25) is 0 Å². The van der Waals surface area contributed by atoms with Gasteiger partial charge in [-0.05, 0) is 13.8 Å². The van der Waals surface area contributed by atoms with Gasteiger partial charge in [-0.3, -0.25) is 4.99 Å². The van der Waals surface area contributed by atoms with Crippen molar-refractivity contribution in [3.05, 3.63) is 11.4 Å². The van der Waals surface area contributed by atoms with Gasteiger partial charge in [-0.1, -0.05) is 0 Å². The third-order valence-electron chi connectivity index (χ3n) is 1.13. The van der Waals surface area contributed by atoms with E-state index in [1.807, 2.05) is 0 Å². The second-order valence-electron chi connectivity index (χ2n) is 2.03. The molecule has 0 aliphatic carbocycles. The third kappa shape index (κ3) is 2.84. The summed E-state index contributed by atoms with van der Waals surface area (Å²) in [7, 11) is 1.62. The second-order valence-corrected chi connectivity index (χ2v) is 2.03. The molecule has 0 aliphatic rings. The van der Waals surface area contributed by atoms with Crippen molar-refractivity contribution in [2.75, 3.05) is 7.05 Å². The Balaban J connectivity index is 4.69. The number of nitrogens with zero attached hydrogens (tertiary/aromatic N) is 2. The van der Waals surface area contributed by atoms with Crippen LogP contribution in [0.3, 0.4) is 0 Å². The van der Waals surface area contributed by atoms with Crippen LogP contribution in [0, 0.1) is 0 Å². The lowest BCUT2D eigenvalue weighted by atomic mass is 10.3. The number of amidine groups is 1. The van der Waals surface area contributed by atoms with Crippen molar-refractivity contribution in [2.24, 2.45) is 21.5 Å². The van der Waals surface area contributed by atoms with E-state index in [0.717, 1.165) is 0 Å². The fourth-order valence-electron chi connectivity index (χ4n) is 0.546. The van der Waals surface area contributed by atoms with E-state index in [0.29, 0.717) is 17.2 Å². The van der Waals surface area contributed by atoms with E-state index >= 15 is 0 Å². The molecule has 0 fully saturated rings. The van der Waals surface area contributed by atoms with Gasteiger partial charge in [0.1, 0.15) is 0 Å². The molecule has 0 saturated heterocycles. The van der Waals surface area contributed by atoms with Crippen molar-refractivity contribution in [3.63, 3.8) is 0 Å². The maximum atomic E-state index is 5.57. The smallest absolute Gasteiger partial charge is 0.171 e. The molecule has 0 saturated carbocycles. The molecule has 0 aliphatic heterocycles. The number of rotatable bonds is 1. The lowest BCUT2D eigenvalue weighted by Gasteiger charge is -2.00. The first kappa shape index (κ1) is 9.68. The predicted molar refractivity (Wildman–Crippen MR) is 48.6 cm³/mol. The number of aliphatic imine (C=N–C) groups is 2. The fourth-order valence-corrected chi connectivity index (χ4v) is 0.546. The number of hydrogen-bond donors (Lipinski definition) is 2. The Hall–Kier alpha value is -1.32. The summed E-state index contributed by atoms with van der Waals surface area (Å²) in [5, 5.41) is 0. The summed E-state index contributed by atoms with van der Waals surface area (Å²) >= 11 is 0. The van der Waals surface area contributed by atoms with E-state index in [1.165, 1.54) is 0 Å². The van der Waals surface area contributed by atoms with E-state index < -0.39 is 0 Å². The van der Waals surface area contributed by atoms with Crippen LogP contribution in [0.25, 0.3) is 0 Å². The van der Waals surface area contributed by atoms with Crippen LogP contribution >= 0.6 is 0 Å². The zero-order valence-electron chi connectivity index (χ0n) is 7.13. The molecule has 0 aromatic carbocycles. The van der Waals surface area contributed by atoms with Gasteiger partial charge in [-0.25, -0.2) is 4.99 Å². The topological polar surface area (TPSA) is 76.8 Å². The molecule has 4 heteroatoms. The lowest BCUT2D eigenvalue weighted by molar-refractivity contribution is 1.21. The summed E-state index contributed by atoms with van der Waals surface area (Å²) in [6.45, 7) is 3.51. The summed E-state index contributed by atoms with van der Waals surface area (Å²) in [5.41, 5.74) is 12.0. The molecule has 4 N–H and O–H groups in total. The van der Waals surface area contributed by atoms with Crippen LogP contribution < -0.4 is 11.5 Å². The molecular weight excluding hydrogens is 140 g/mol. The minimum absolute atomic E-state index is 0.436. The molecule has 0 radical (unpaired) electrons. The van der Waals surface area contributed by atoms with Crippen molar-refractivity contribution in [1.29, 1.82) is 0 Å². The molecule has 0 aromatic heterocycles. The summed E-state index contributed by atoms with van der Waals surface area (Å²) in [6, 6.07) is 0. The monoisotopic (exact) mass is 154 g/mol. The van der Waals surface area contributed by atoms with Gasteiger partial charge in [0.05, 0.1) is 5.70 Å². The SMILES string of the molecule is CC=NC(=NC)C(N)=C(C)N. The molecule has 0 rings (SSSR count). The molecule has 0 amide bonds. The largest absolute Gasteiger partial charge is 0.400 e. The first-order valence-corrected chi connectivity index (χ1v) is 3.31. The Morgan fingerprint density at radius 2 is 1.91 bits per heavy atom. The van der Waals surface area contributed by atoms with Gasteiger partial charge >= 0.3 is 0 Å². The summed E-state index contributed by atoms with van der Waals surface area (Å²) < 4.78 is 0. The highest BCUT2D eigenvalue weighted by Gasteiger charge is 1.99. The van der Waals surface area contributed by atoms with Gasteiger partial charge in [0, 0.05) is 19.0 Å². The van der Waals surface area contributed by atoms with Gasteiger partial charge in [0.25, 0.3) is 0 Å².